The highest BCUT2D eigenvalue weighted by molar-refractivity contribution is 9.10. The first kappa shape index (κ1) is 15.5. The summed E-state index contributed by atoms with van der Waals surface area (Å²) in [7, 11) is 0. The van der Waals surface area contributed by atoms with Crippen molar-refractivity contribution in [2.45, 2.75) is 25.9 Å². The number of carbonyl (C=O) groups is 1. The number of hydrogen-bond acceptors (Lipinski definition) is 3. The van der Waals surface area contributed by atoms with Crippen LogP contribution in [-0.4, -0.2) is 31.7 Å². The molecule has 1 aromatic rings. The van der Waals surface area contributed by atoms with Crippen molar-refractivity contribution in [2.24, 2.45) is 5.92 Å². The maximum absolute atomic E-state index is 12.4. The number of likely N-dealkylation sites (N-methyl/N-ethyl adjacent to an activating group) is 1. The Labute approximate surface area is 128 Å². The Kier molecular flexibility index (Phi) is 5.57. The molecule has 0 aromatic heterocycles. The third-order valence-electron chi connectivity index (χ3n) is 3.61. The van der Waals surface area contributed by atoms with Gasteiger partial charge in [-0.05, 0) is 25.1 Å². The van der Waals surface area contributed by atoms with Crippen molar-refractivity contribution >= 4 is 21.8 Å². The molecule has 2 N–H and O–H groups in total. The fourth-order valence-electron chi connectivity index (χ4n) is 2.50. The Hall–Kier alpha value is -0.910. The monoisotopic (exact) mass is 340 g/mol. The molecule has 110 valence electrons. The van der Waals surface area contributed by atoms with Crippen LogP contribution >= 0.6 is 15.9 Å². The Morgan fingerprint density at radius 2 is 2.20 bits per heavy atom. The van der Waals surface area contributed by atoms with E-state index in [0.717, 1.165) is 16.6 Å². The SMILES string of the molecule is CCNC1COCC1C(=O)N[C@H](C)c1ccccc1Br. The number of hydrogen-bond donors (Lipinski definition) is 2. The van der Waals surface area contributed by atoms with Gasteiger partial charge in [0.15, 0.2) is 0 Å². The molecule has 1 amide bonds. The molecule has 3 atom stereocenters. The smallest absolute Gasteiger partial charge is 0.227 e. The zero-order valence-corrected chi connectivity index (χ0v) is 13.4. The highest BCUT2D eigenvalue weighted by atomic mass is 79.9. The van der Waals surface area contributed by atoms with E-state index in [-0.39, 0.29) is 23.9 Å². The molecule has 2 unspecified atom stereocenters. The molecule has 1 aromatic carbocycles. The van der Waals surface area contributed by atoms with Crippen molar-refractivity contribution in [2.75, 3.05) is 19.8 Å². The van der Waals surface area contributed by atoms with Gasteiger partial charge in [-0.1, -0.05) is 41.1 Å². The van der Waals surface area contributed by atoms with Gasteiger partial charge in [-0.25, -0.2) is 0 Å². The van der Waals surface area contributed by atoms with Gasteiger partial charge in [0.2, 0.25) is 5.91 Å². The van der Waals surface area contributed by atoms with Crippen LogP contribution < -0.4 is 10.6 Å². The highest BCUT2D eigenvalue weighted by Gasteiger charge is 2.34. The van der Waals surface area contributed by atoms with Crippen molar-refractivity contribution in [3.8, 4) is 0 Å². The van der Waals surface area contributed by atoms with Crippen LogP contribution in [0.1, 0.15) is 25.5 Å². The Morgan fingerprint density at radius 1 is 1.45 bits per heavy atom. The van der Waals surface area contributed by atoms with Crippen molar-refractivity contribution < 1.29 is 9.53 Å². The first-order chi connectivity index (χ1) is 9.63. The van der Waals surface area contributed by atoms with Gasteiger partial charge in [0, 0.05) is 10.5 Å². The molecule has 1 aliphatic rings. The normalized spacial score (nSPS) is 23.6. The van der Waals surface area contributed by atoms with Crippen LogP contribution in [0, 0.1) is 5.92 Å². The van der Waals surface area contributed by atoms with E-state index in [0.29, 0.717) is 13.2 Å². The lowest BCUT2D eigenvalue weighted by Gasteiger charge is -2.21. The van der Waals surface area contributed by atoms with Gasteiger partial charge in [0.1, 0.15) is 0 Å². The van der Waals surface area contributed by atoms with Crippen molar-refractivity contribution in [1.29, 1.82) is 0 Å². The van der Waals surface area contributed by atoms with Crippen LogP contribution in [-0.2, 0) is 9.53 Å². The molecule has 1 saturated heterocycles. The van der Waals surface area contributed by atoms with Gasteiger partial charge in [0.05, 0.1) is 25.2 Å². The number of carbonyl (C=O) groups excluding carboxylic acids is 1. The summed E-state index contributed by atoms with van der Waals surface area (Å²) in [6, 6.07) is 8.03. The van der Waals surface area contributed by atoms with E-state index in [9.17, 15) is 4.79 Å². The van der Waals surface area contributed by atoms with Gasteiger partial charge >= 0.3 is 0 Å². The first-order valence-corrected chi connectivity index (χ1v) is 7.78. The average molecular weight is 341 g/mol. The standard InChI is InChI=1S/C15H21BrN2O2/c1-3-17-14-9-20-8-12(14)15(19)18-10(2)11-6-4-5-7-13(11)16/h4-7,10,12,14,17H,3,8-9H2,1-2H3,(H,18,19)/t10-,12?,14?/m1/s1. The fraction of sp³-hybridized carbons (Fsp3) is 0.533. The zero-order valence-electron chi connectivity index (χ0n) is 11.9. The van der Waals surface area contributed by atoms with Gasteiger partial charge < -0.3 is 15.4 Å². The van der Waals surface area contributed by atoms with Gasteiger partial charge in [-0.3, -0.25) is 4.79 Å². The van der Waals surface area contributed by atoms with E-state index in [2.05, 4.69) is 26.6 Å². The van der Waals surface area contributed by atoms with Gasteiger partial charge in [0.25, 0.3) is 0 Å². The van der Waals surface area contributed by atoms with Crippen molar-refractivity contribution in [3.63, 3.8) is 0 Å². The molecule has 0 spiro atoms. The highest BCUT2D eigenvalue weighted by Crippen LogP contribution is 2.23. The lowest BCUT2D eigenvalue weighted by Crippen LogP contribution is -2.44. The fourth-order valence-corrected chi connectivity index (χ4v) is 3.13. The van der Waals surface area contributed by atoms with Crippen LogP contribution in [0.3, 0.4) is 0 Å². The lowest BCUT2D eigenvalue weighted by atomic mass is 10.0. The molecule has 0 saturated carbocycles. The maximum Gasteiger partial charge on any atom is 0.227 e. The minimum Gasteiger partial charge on any atom is -0.379 e. The van der Waals surface area contributed by atoms with Crippen LogP contribution in [0.5, 0.6) is 0 Å². The Bertz CT molecular complexity index is 467. The van der Waals surface area contributed by atoms with E-state index in [4.69, 9.17) is 4.74 Å². The second-order valence-corrected chi connectivity index (χ2v) is 5.91. The molecule has 0 aliphatic carbocycles. The summed E-state index contributed by atoms with van der Waals surface area (Å²) in [5.74, 6) is -0.0587. The molecule has 1 heterocycles. The predicted molar refractivity (Wildman–Crippen MR) is 82.5 cm³/mol. The number of rotatable bonds is 5. The van der Waals surface area contributed by atoms with Crippen LogP contribution in [0.15, 0.2) is 28.7 Å². The second kappa shape index (κ2) is 7.20. The molecule has 1 aliphatic heterocycles. The summed E-state index contributed by atoms with van der Waals surface area (Å²) in [6.07, 6.45) is 0. The van der Waals surface area contributed by atoms with E-state index < -0.39 is 0 Å². The summed E-state index contributed by atoms with van der Waals surface area (Å²) < 4.78 is 6.43. The molecule has 20 heavy (non-hydrogen) atoms. The maximum atomic E-state index is 12.4. The molecular formula is C15H21BrN2O2. The van der Waals surface area contributed by atoms with E-state index in [1.165, 1.54) is 0 Å². The molecule has 1 fully saturated rings. The first-order valence-electron chi connectivity index (χ1n) is 6.99. The summed E-state index contributed by atoms with van der Waals surface area (Å²) >= 11 is 3.52. The van der Waals surface area contributed by atoms with E-state index in [1.54, 1.807) is 0 Å². The molecule has 2 rings (SSSR count). The topological polar surface area (TPSA) is 50.4 Å². The van der Waals surface area contributed by atoms with Gasteiger partial charge in [-0.2, -0.15) is 0 Å². The van der Waals surface area contributed by atoms with Crippen LogP contribution in [0.25, 0.3) is 0 Å². The molecule has 0 radical (unpaired) electrons. The number of nitrogens with one attached hydrogen (secondary N) is 2. The summed E-state index contributed by atoms with van der Waals surface area (Å²) in [5, 5.41) is 6.38. The van der Waals surface area contributed by atoms with E-state index >= 15 is 0 Å². The largest absolute Gasteiger partial charge is 0.379 e. The zero-order chi connectivity index (χ0) is 14.5. The molecule has 4 nitrogen and oxygen atoms in total. The Morgan fingerprint density at radius 3 is 2.90 bits per heavy atom. The number of benzene rings is 1. The Balaban J connectivity index is 1.99. The van der Waals surface area contributed by atoms with Crippen LogP contribution in [0.4, 0.5) is 0 Å². The summed E-state index contributed by atoms with van der Waals surface area (Å²) in [4.78, 5) is 12.4. The van der Waals surface area contributed by atoms with E-state index in [1.807, 2.05) is 38.1 Å². The lowest BCUT2D eigenvalue weighted by molar-refractivity contribution is -0.126. The minimum atomic E-state index is -0.111. The summed E-state index contributed by atoms with van der Waals surface area (Å²) in [6.45, 7) is 5.98. The third kappa shape index (κ3) is 3.59. The quantitative estimate of drug-likeness (QED) is 0.864. The van der Waals surface area contributed by atoms with Crippen LogP contribution in [0.2, 0.25) is 0 Å². The van der Waals surface area contributed by atoms with Crippen molar-refractivity contribution in [3.05, 3.63) is 34.3 Å². The molecule has 0 bridgehead atoms. The molecular weight excluding hydrogens is 320 g/mol. The summed E-state index contributed by atoms with van der Waals surface area (Å²) in [5.41, 5.74) is 1.08. The number of halogens is 1. The van der Waals surface area contributed by atoms with Gasteiger partial charge in [-0.15, -0.1) is 0 Å². The third-order valence-corrected chi connectivity index (χ3v) is 4.34. The minimum absolute atomic E-state index is 0.0269. The van der Waals surface area contributed by atoms with Crippen molar-refractivity contribution in [1.82, 2.24) is 10.6 Å². The molecule has 5 heteroatoms. The number of ether oxygens (including phenoxy) is 1. The number of amides is 1. The second-order valence-electron chi connectivity index (χ2n) is 5.06. The predicted octanol–water partition coefficient (Wildman–Crippen LogP) is 2.25. The average Bonchev–Trinajstić information content (AvgIpc) is 2.88.